The zero-order chi connectivity index (χ0) is 28.9. The molecule has 0 aliphatic carbocycles. The molecule has 0 unspecified atom stereocenters. The third kappa shape index (κ3) is 5.60. The van der Waals surface area contributed by atoms with Gasteiger partial charge in [-0.25, -0.2) is 19.3 Å². The Labute approximate surface area is 236 Å². The molecule has 0 saturated carbocycles. The fraction of sp³-hybridized carbons (Fsp3) is 0.233. The summed E-state index contributed by atoms with van der Waals surface area (Å²) in [6.07, 6.45) is 3.12. The van der Waals surface area contributed by atoms with Gasteiger partial charge in [0.1, 0.15) is 34.8 Å². The number of aromatic nitrogens is 5. The molecule has 0 bridgehead atoms. The number of para-hydroxylation sites is 1. The van der Waals surface area contributed by atoms with Crippen LogP contribution in [-0.2, 0) is 11.3 Å². The first-order chi connectivity index (χ1) is 19.9. The van der Waals surface area contributed by atoms with E-state index in [2.05, 4.69) is 20.6 Å². The summed E-state index contributed by atoms with van der Waals surface area (Å²) in [5.74, 6) is 1.17. The van der Waals surface area contributed by atoms with E-state index in [9.17, 15) is 9.59 Å². The first-order valence-electron chi connectivity index (χ1n) is 13.2. The average Bonchev–Trinajstić information content (AvgIpc) is 3.37. The van der Waals surface area contributed by atoms with E-state index >= 15 is 0 Å². The lowest BCUT2D eigenvalue weighted by Gasteiger charge is -2.21. The van der Waals surface area contributed by atoms with Gasteiger partial charge in [-0.1, -0.05) is 30.3 Å². The minimum absolute atomic E-state index is 0.154. The number of rotatable bonds is 10. The molecule has 5 rings (SSSR count). The maximum Gasteiger partial charge on any atom is 0.345 e. The van der Waals surface area contributed by atoms with Gasteiger partial charge in [0, 0.05) is 12.7 Å². The van der Waals surface area contributed by atoms with Gasteiger partial charge in [0.05, 0.1) is 25.4 Å². The molecular formula is C30H31N7O4. The molecule has 3 heterocycles. The molecule has 0 amide bonds. The molecule has 1 atom stereocenters. The van der Waals surface area contributed by atoms with Gasteiger partial charge in [-0.15, -0.1) is 0 Å². The second-order valence-electron chi connectivity index (χ2n) is 9.36. The monoisotopic (exact) mass is 553 g/mol. The number of carbonyl (C=O) groups is 1. The van der Waals surface area contributed by atoms with Crippen molar-refractivity contribution in [3.05, 3.63) is 106 Å². The topological polar surface area (TPSA) is 125 Å². The van der Waals surface area contributed by atoms with E-state index in [1.54, 1.807) is 29.3 Å². The Balaban J connectivity index is 1.53. The largest absolute Gasteiger partial charge is 0.497 e. The molecule has 210 valence electrons. The van der Waals surface area contributed by atoms with Gasteiger partial charge in [0.2, 0.25) is 0 Å². The number of nitrogens with one attached hydrogen (secondary N) is 2. The number of fused-ring (bicyclic) bond motifs is 1. The molecule has 0 fully saturated rings. The quantitative estimate of drug-likeness (QED) is 0.240. The summed E-state index contributed by atoms with van der Waals surface area (Å²) >= 11 is 0. The van der Waals surface area contributed by atoms with E-state index < -0.39 is 12.0 Å². The number of methoxy groups -OCH3 is 1. The highest BCUT2D eigenvalue weighted by Gasteiger charge is 2.25. The van der Waals surface area contributed by atoms with Gasteiger partial charge in [-0.3, -0.25) is 9.36 Å². The van der Waals surface area contributed by atoms with Crippen LogP contribution in [0.25, 0.3) is 11.2 Å². The van der Waals surface area contributed by atoms with Gasteiger partial charge in [0.25, 0.3) is 5.56 Å². The molecule has 0 spiro atoms. The fourth-order valence-corrected chi connectivity index (χ4v) is 4.56. The average molecular weight is 554 g/mol. The van der Waals surface area contributed by atoms with Crippen molar-refractivity contribution in [2.24, 2.45) is 0 Å². The van der Waals surface area contributed by atoms with Crippen LogP contribution in [0.5, 0.6) is 5.75 Å². The van der Waals surface area contributed by atoms with Crippen LogP contribution in [0.15, 0.2) is 78.0 Å². The van der Waals surface area contributed by atoms with Crippen molar-refractivity contribution in [1.29, 1.82) is 0 Å². The van der Waals surface area contributed by atoms with Gasteiger partial charge in [-0.05, 0) is 62.2 Å². The van der Waals surface area contributed by atoms with Gasteiger partial charge < -0.3 is 20.1 Å². The van der Waals surface area contributed by atoms with Crippen LogP contribution in [0.3, 0.4) is 0 Å². The van der Waals surface area contributed by atoms with Crippen molar-refractivity contribution >= 4 is 23.1 Å². The highest BCUT2D eigenvalue weighted by atomic mass is 16.5. The molecule has 3 aromatic heterocycles. The Hall–Kier alpha value is -5.19. The first-order valence-corrected chi connectivity index (χ1v) is 13.2. The van der Waals surface area contributed by atoms with Gasteiger partial charge >= 0.3 is 5.97 Å². The van der Waals surface area contributed by atoms with E-state index in [4.69, 9.17) is 14.6 Å². The molecule has 11 nitrogen and oxygen atoms in total. The molecule has 5 aromatic rings. The van der Waals surface area contributed by atoms with Crippen molar-refractivity contribution in [3.63, 3.8) is 0 Å². The second-order valence-corrected chi connectivity index (χ2v) is 9.36. The standard InChI is InChI=1S/C30H31N7O4/c1-5-41-30(39)24-26(31-17-21-11-13-23(40-4)14-12-21)32-18-33-27(24)34-20(3)28-35-36-16-15-19(2)25(36)29(38)37(28)22-9-7-6-8-10-22/h6-16,18,20H,5,17H2,1-4H3,(H2,31,32,33,34)/t20-/m0/s1. The minimum Gasteiger partial charge on any atom is -0.497 e. The van der Waals surface area contributed by atoms with Crippen LogP contribution >= 0.6 is 0 Å². The Morgan fingerprint density at radius 2 is 1.76 bits per heavy atom. The van der Waals surface area contributed by atoms with Crippen molar-refractivity contribution in [1.82, 2.24) is 24.1 Å². The molecule has 0 radical (unpaired) electrons. The minimum atomic E-state index is -0.579. The Morgan fingerprint density at radius 1 is 1.02 bits per heavy atom. The van der Waals surface area contributed by atoms with Crippen LogP contribution in [0.4, 0.5) is 11.6 Å². The van der Waals surface area contributed by atoms with Gasteiger partial charge in [0.15, 0.2) is 5.82 Å². The lowest BCUT2D eigenvalue weighted by Crippen LogP contribution is -2.30. The summed E-state index contributed by atoms with van der Waals surface area (Å²) in [7, 11) is 1.61. The normalized spacial score (nSPS) is 11.7. The molecule has 0 aliphatic heterocycles. The zero-order valence-electron chi connectivity index (χ0n) is 23.3. The summed E-state index contributed by atoms with van der Waals surface area (Å²) in [6, 6.07) is 18.2. The molecule has 41 heavy (non-hydrogen) atoms. The smallest absolute Gasteiger partial charge is 0.345 e. The molecule has 0 saturated heterocycles. The highest BCUT2D eigenvalue weighted by Crippen LogP contribution is 2.26. The number of carbonyl (C=O) groups excluding carboxylic acids is 1. The summed E-state index contributed by atoms with van der Waals surface area (Å²) in [5, 5.41) is 11.3. The maximum absolute atomic E-state index is 13.7. The number of aryl methyl sites for hydroxylation is 1. The molecule has 11 heteroatoms. The van der Waals surface area contributed by atoms with Crippen LogP contribution in [0.1, 0.15) is 47.2 Å². The first kappa shape index (κ1) is 27.4. The number of nitrogens with zero attached hydrogens (tertiary/aromatic N) is 5. The molecule has 2 N–H and O–H groups in total. The number of ether oxygens (including phenoxy) is 2. The van der Waals surface area contributed by atoms with Crippen LogP contribution in [0, 0.1) is 6.92 Å². The number of anilines is 2. The number of hydrogen-bond donors (Lipinski definition) is 2. The van der Waals surface area contributed by atoms with Crippen LogP contribution < -0.4 is 20.9 Å². The van der Waals surface area contributed by atoms with E-state index in [-0.39, 0.29) is 23.5 Å². The Bertz CT molecular complexity index is 1730. The Morgan fingerprint density at radius 3 is 2.46 bits per heavy atom. The van der Waals surface area contributed by atoms with E-state index in [1.165, 1.54) is 6.33 Å². The van der Waals surface area contributed by atoms with E-state index in [0.29, 0.717) is 29.4 Å². The SMILES string of the molecule is CCOC(=O)c1c(NCc2ccc(OC)cc2)ncnc1N[C@@H](C)c1nn2ccc(C)c2c(=O)n1-c1ccccc1. The Kier molecular flexibility index (Phi) is 7.95. The number of esters is 1. The molecule has 0 aliphatic rings. The lowest BCUT2D eigenvalue weighted by molar-refractivity contribution is 0.0527. The van der Waals surface area contributed by atoms with E-state index in [0.717, 1.165) is 16.9 Å². The fourth-order valence-electron chi connectivity index (χ4n) is 4.56. The second kappa shape index (κ2) is 11.9. The highest BCUT2D eigenvalue weighted by molar-refractivity contribution is 5.99. The van der Waals surface area contributed by atoms with Gasteiger partial charge in [-0.2, -0.15) is 5.10 Å². The predicted molar refractivity (Wildman–Crippen MR) is 156 cm³/mol. The van der Waals surface area contributed by atoms with Crippen molar-refractivity contribution in [2.45, 2.75) is 33.4 Å². The molecular weight excluding hydrogens is 522 g/mol. The number of benzene rings is 2. The number of hydrogen-bond acceptors (Lipinski definition) is 9. The van der Waals surface area contributed by atoms with Crippen LogP contribution in [-0.4, -0.2) is 43.8 Å². The predicted octanol–water partition coefficient (Wildman–Crippen LogP) is 4.55. The maximum atomic E-state index is 13.7. The van der Waals surface area contributed by atoms with Crippen LogP contribution in [0.2, 0.25) is 0 Å². The van der Waals surface area contributed by atoms with E-state index in [1.807, 2.05) is 74.5 Å². The van der Waals surface area contributed by atoms with Crippen molar-refractivity contribution < 1.29 is 14.3 Å². The zero-order valence-corrected chi connectivity index (χ0v) is 23.3. The summed E-state index contributed by atoms with van der Waals surface area (Å²) < 4.78 is 13.7. The molecule has 2 aromatic carbocycles. The summed E-state index contributed by atoms with van der Waals surface area (Å²) in [5.41, 5.74) is 2.91. The lowest BCUT2D eigenvalue weighted by atomic mass is 10.2. The third-order valence-corrected chi connectivity index (χ3v) is 6.61. The van der Waals surface area contributed by atoms with Crippen molar-refractivity contribution in [3.8, 4) is 11.4 Å². The third-order valence-electron chi connectivity index (χ3n) is 6.61. The summed E-state index contributed by atoms with van der Waals surface area (Å²) in [6.45, 7) is 6.05. The van der Waals surface area contributed by atoms with Crippen molar-refractivity contribution in [2.75, 3.05) is 24.4 Å². The summed E-state index contributed by atoms with van der Waals surface area (Å²) in [4.78, 5) is 35.6.